The smallest absolute Gasteiger partial charge is 0.209 e. The van der Waals surface area contributed by atoms with E-state index in [0.717, 1.165) is 54.9 Å². The second kappa shape index (κ2) is 6.95. The van der Waals surface area contributed by atoms with E-state index in [1.54, 1.807) is 19.1 Å². The number of halogens is 1. The Bertz CT molecular complexity index is 474. The molecule has 1 aromatic rings. The molecule has 1 amide bonds. The minimum Gasteiger partial charge on any atom is -0.493 e. The van der Waals surface area contributed by atoms with Gasteiger partial charge >= 0.3 is 0 Å². The first-order valence-corrected chi connectivity index (χ1v) is 7.29. The van der Waals surface area contributed by atoms with Crippen LogP contribution in [0.2, 0.25) is 0 Å². The molecule has 1 heterocycles. The van der Waals surface area contributed by atoms with Crippen LogP contribution in [-0.2, 0) is 11.3 Å². The summed E-state index contributed by atoms with van der Waals surface area (Å²) in [5.74, 6) is 1.45. The highest BCUT2D eigenvalue weighted by Gasteiger charge is 2.17. The molecule has 0 aliphatic carbocycles. The Kier molecular flexibility index (Phi) is 5.25. The van der Waals surface area contributed by atoms with Crippen molar-refractivity contribution < 1.29 is 14.3 Å². The number of carbonyl (C=O) groups is 1. The van der Waals surface area contributed by atoms with Crippen LogP contribution in [0.4, 0.5) is 0 Å². The number of amides is 1. The van der Waals surface area contributed by atoms with Gasteiger partial charge in [0.2, 0.25) is 6.41 Å². The molecular weight excluding hydrogens is 324 g/mol. The number of hydrogen-bond donors (Lipinski definition) is 0. The molecule has 0 aromatic heterocycles. The van der Waals surface area contributed by atoms with Crippen LogP contribution in [0.5, 0.6) is 11.5 Å². The zero-order valence-electron chi connectivity index (χ0n) is 11.8. The minimum atomic E-state index is 0.717. The van der Waals surface area contributed by atoms with Crippen molar-refractivity contribution in [1.29, 1.82) is 0 Å². The third-order valence-electron chi connectivity index (χ3n) is 3.50. The maximum atomic E-state index is 10.7. The van der Waals surface area contributed by atoms with Crippen LogP contribution in [0, 0.1) is 0 Å². The summed E-state index contributed by atoms with van der Waals surface area (Å²) in [6.45, 7) is 4.18. The van der Waals surface area contributed by atoms with Crippen molar-refractivity contribution in [3.63, 3.8) is 0 Å². The summed E-state index contributed by atoms with van der Waals surface area (Å²) in [5, 5.41) is 0. The van der Waals surface area contributed by atoms with E-state index in [9.17, 15) is 4.79 Å². The number of rotatable bonds is 5. The second-order valence-electron chi connectivity index (χ2n) is 4.72. The SMILES string of the molecule is COc1cc(Br)c(CN2CCN(C=O)CC2)cc1OC. The van der Waals surface area contributed by atoms with Gasteiger partial charge in [0.15, 0.2) is 11.5 Å². The van der Waals surface area contributed by atoms with E-state index < -0.39 is 0 Å². The quantitative estimate of drug-likeness (QED) is 0.764. The highest BCUT2D eigenvalue weighted by molar-refractivity contribution is 9.10. The molecule has 1 aliphatic rings. The molecule has 1 aliphatic heterocycles. The summed E-state index contributed by atoms with van der Waals surface area (Å²) >= 11 is 3.57. The molecule has 0 spiro atoms. The first kappa shape index (κ1) is 15.1. The molecule has 0 radical (unpaired) electrons. The molecule has 6 heteroatoms. The highest BCUT2D eigenvalue weighted by atomic mass is 79.9. The van der Waals surface area contributed by atoms with Gasteiger partial charge in [0.05, 0.1) is 14.2 Å². The van der Waals surface area contributed by atoms with Gasteiger partial charge in [0.25, 0.3) is 0 Å². The van der Waals surface area contributed by atoms with Crippen molar-refractivity contribution in [2.24, 2.45) is 0 Å². The van der Waals surface area contributed by atoms with E-state index in [2.05, 4.69) is 20.8 Å². The third kappa shape index (κ3) is 3.43. The van der Waals surface area contributed by atoms with Crippen molar-refractivity contribution in [2.75, 3.05) is 40.4 Å². The van der Waals surface area contributed by atoms with E-state index in [1.807, 2.05) is 12.1 Å². The van der Waals surface area contributed by atoms with Gasteiger partial charge in [0, 0.05) is 37.2 Å². The van der Waals surface area contributed by atoms with Crippen LogP contribution in [0.1, 0.15) is 5.56 Å². The molecule has 110 valence electrons. The fraction of sp³-hybridized carbons (Fsp3) is 0.500. The lowest BCUT2D eigenvalue weighted by Crippen LogP contribution is -2.45. The van der Waals surface area contributed by atoms with Crippen LogP contribution in [0.25, 0.3) is 0 Å². The Balaban J connectivity index is 2.08. The van der Waals surface area contributed by atoms with Gasteiger partial charge in [-0.05, 0) is 17.7 Å². The predicted molar refractivity (Wildman–Crippen MR) is 80.2 cm³/mol. The third-order valence-corrected chi connectivity index (χ3v) is 4.24. The maximum Gasteiger partial charge on any atom is 0.209 e. The van der Waals surface area contributed by atoms with E-state index in [0.29, 0.717) is 5.75 Å². The van der Waals surface area contributed by atoms with Crippen LogP contribution >= 0.6 is 15.9 Å². The Labute approximate surface area is 127 Å². The molecule has 5 nitrogen and oxygen atoms in total. The molecule has 1 saturated heterocycles. The average molecular weight is 343 g/mol. The Morgan fingerprint density at radius 2 is 1.75 bits per heavy atom. The fourth-order valence-corrected chi connectivity index (χ4v) is 2.73. The molecule has 0 N–H and O–H groups in total. The summed E-state index contributed by atoms with van der Waals surface area (Å²) in [5.41, 5.74) is 1.15. The van der Waals surface area contributed by atoms with Crippen LogP contribution in [-0.4, -0.2) is 56.6 Å². The van der Waals surface area contributed by atoms with Crippen molar-refractivity contribution in [1.82, 2.24) is 9.80 Å². The van der Waals surface area contributed by atoms with Gasteiger partial charge in [0.1, 0.15) is 0 Å². The lowest BCUT2D eigenvalue weighted by atomic mass is 10.1. The molecule has 0 saturated carbocycles. The Morgan fingerprint density at radius 3 is 2.30 bits per heavy atom. The van der Waals surface area contributed by atoms with Gasteiger partial charge in [-0.25, -0.2) is 0 Å². The summed E-state index contributed by atoms with van der Waals surface area (Å²) in [4.78, 5) is 14.8. The number of ether oxygens (including phenoxy) is 2. The van der Waals surface area contributed by atoms with Gasteiger partial charge in [-0.15, -0.1) is 0 Å². The lowest BCUT2D eigenvalue weighted by molar-refractivity contribution is -0.119. The van der Waals surface area contributed by atoms with Crippen LogP contribution in [0.3, 0.4) is 0 Å². The van der Waals surface area contributed by atoms with E-state index in [-0.39, 0.29) is 0 Å². The zero-order chi connectivity index (χ0) is 14.5. The lowest BCUT2D eigenvalue weighted by Gasteiger charge is -2.32. The van der Waals surface area contributed by atoms with E-state index >= 15 is 0 Å². The number of carbonyl (C=O) groups excluding carboxylic acids is 1. The molecule has 2 rings (SSSR count). The van der Waals surface area contributed by atoms with Gasteiger partial charge in [-0.2, -0.15) is 0 Å². The zero-order valence-corrected chi connectivity index (χ0v) is 13.4. The standard InChI is InChI=1S/C14H19BrN2O3/c1-19-13-7-11(12(15)8-14(13)20-2)9-16-3-5-17(10-18)6-4-16/h7-8,10H,3-6,9H2,1-2H3. The summed E-state index contributed by atoms with van der Waals surface area (Å²) in [6, 6.07) is 3.92. The van der Waals surface area contributed by atoms with Gasteiger partial charge < -0.3 is 14.4 Å². The van der Waals surface area contributed by atoms with Crippen molar-refractivity contribution in [3.8, 4) is 11.5 Å². The van der Waals surface area contributed by atoms with Crippen molar-refractivity contribution in [3.05, 3.63) is 22.2 Å². The normalized spacial score (nSPS) is 16.1. The molecule has 1 fully saturated rings. The average Bonchev–Trinajstić information content (AvgIpc) is 2.49. The highest BCUT2D eigenvalue weighted by Crippen LogP contribution is 2.33. The van der Waals surface area contributed by atoms with E-state index in [1.165, 1.54) is 0 Å². The number of benzene rings is 1. The molecule has 20 heavy (non-hydrogen) atoms. The monoisotopic (exact) mass is 342 g/mol. The Hall–Kier alpha value is -1.27. The predicted octanol–water partition coefficient (Wildman–Crippen LogP) is 1.74. The summed E-state index contributed by atoms with van der Waals surface area (Å²) in [6.07, 6.45) is 0.920. The first-order valence-electron chi connectivity index (χ1n) is 6.50. The van der Waals surface area contributed by atoms with Crippen molar-refractivity contribution in [2.45, 2.75) is 6.54 Å². The minimum absolute atomic E-state index is 0.717. The number of piperazine rings is 1. The fourth-order valence-electron chi connectivity index (χ4n) is 2.29. The maximum absolute atomic E-state index is 10.7. The van der Waals surface area contributed by atoms with Gasteiger partial charge in [-0.1, -0.05) is 15.9 Å². The molecular formula is C14H19BrN2O3. The van der Waals surface area contributed by atoms with Crippen LogP contribution < -0.4 is 9.47 Å². The van der Waals surface area contributed by atoms with Gasteiger partial charge in [-0.3, -0.25) is 9.69 Å². The molecule has 1 aromatic carbocycles. The number of methoxy groups -OCH3 is 2. The van der Waals surface area contributed by atoms with Crippen molar-refractivity contribution >= 4 is 22.3 Å². The topological polar surface area (TPSA) is 42.0 Å². The Morgan fingerprint density at radius 1 is 1.15 bits per heavy atom. The first-order chi connectivity index (χ1) is 9.67. The summed E-state index contributed by atoms with van der Waals surface area (Å²) < 4.78 is 11.6. The molecule has 0 unspecified atom stereocenters. The van der Waals surface area contributed by atoms with E-state index in [4.69, 9.17) is 9.47 Å². The molecule has 0 bridgehead atoms. The van der Waals surface area contributed by atoms with Crippen LogP contribution in [0.15, 0.2) is 16.6 Å². The largest absolute Gasteiger partial charge is 0.493 e. The molecule has 0 atom stereocenters. The second-order valence-corrected chi connectivity index (χ2v) is 5.57. The number of hydrogen-bond acceptors (Lipinski definition) is 4. The summed E-state index contributed by atoms with van der Waals surface area (Å²) in [7, 11) is 3.26. The number of nitrogens with zero attached hydrogens (tertiary/aromatic N) is 2.